The summed E-state index contributed by atoms with van der Waals surface area (Å²) in [5.41, 5.74) is 1.36. The Morgan fingerprint density at radius 2 is 1.88 bits per heavy atom. The van der Waals surface area contributed by atoms with Gasteiger partial charge in [0.15, 0.2) is 18.1 Å². The lowest BCUT2D eigenvalue weighted by Crippen LogP contribution is -2.54. The lowest BCUT2D eigenvalue weighted by Gasteiger charge is -2.26. The van der Waals surface area contributed by atoms with E-state index in [1.165, 1.54) is 25.3 Å². The summed E-state index contributed by atoms with van der Waals surface area (Å²) < 4.78 is 10.3. The van der Waals surface area contributed by atoms with Crippen LogP contribution in [-0.4, -0.2) is 42.6 Å². The molecule has 1 saturated heterocycles. The Morgan fingerprint density at radius 1 is 1.19 bits per heavy atom. The number of imide groups is 2. The molecule has 0 saturated carbocycles. The van der Waals surface area contributed by atoms with Crippen molar-refractivity contribution in [3.8, 4) is 11.5 Å². The Kier molecular flexibility index (Phi) is 6.79. The third-order valence-electron chi connectivity index (χ3n) is 4.61. The van der Waals surface area contributed by atoms with Crippen molar-refractivity contribution < 1.29 is 33.8 Å². The van der Waals surface area contributed by atoms with E-state index in [2.05, 4.69) is 5.32 Å². The predicted octanol–water partition coefficient (Wildman–Crippen LogP) is 3.04. The average Bonchev–Trinajstić information content (AvgIpc) is 2.75. The number of carbonyl (C=O) groups is 4. The number of halogens is 1. The van der Waals surface area contributed by atoms with E-state index in [4.69, 9.17) is 26.2 Å². The highest BCUT2D eigenvalue weighted by atomic mass is 35.5. The maximum atomic E-state index is 13.0. The van der Waals surface area contributed by atoms with Crippen molar-refractivity contribution >= 4 is 47.2 Å². The highest BCUT2D eigenvalue weighted by molar-refractivity contribution is 6.39. The molecule has 10 heteroatoms. The van der Waals surface area contributed by atoms with E-state index in [0.717, 1.165) is 16.9 Å². The molecule has 1 aliphatic rings. The molecule has 0 radical (unpaired) electrons. The molecule has 3 rings (SSSR count). The number of hydrogen-bond acceptors (Lipinski definition) is 6. The molecule has 1 aliphatic heterocycles. The van der Waals surface area contributed by atoms with Crippen molar-refractivity contribution in [3.63, 3.8) is 0 Å². The summed E-state index contributed by atoms with van der Waals surface area (Å²) in [7, 11) is 1.33. The first-order valence-corrected chi connectivity index (χ1v) is 9.85. The Labute approximate surface area is 188 Å². The Bertz CT molecular complexity index is 1130. The van der Waals surface area contributed by atoms with Crippen LogP contribution < -0.4 is 19.7 Å². The molecular weight excluding hydrogens is 440 g/mol. The van der Waals surface area contributed by atoms with Gasteiger partial charge in [0.2, 0.25) is 0 Å². The number of urea groups is 1. The SMILES string of the molecule is CCc1ccc(N2C(=O)NC(=O)C(=Cc3cc(Cl)c(OCC(=O)O)c(OC)c3)C2=O)cc1. The van der Waals surface area contributed by atoms with Gasteiger partial charge in [0.25, 0.3) is 11.8 Å². The van der Waals surface area contributed by atoms with Crippen LogP contribution in [0, 0.1) is 0 Å². The molecule has 166 valence electrons. The highest BCUT2D eigenvalue weighted by Gasteiger charge is 2.36. The zero-order valence-corrected chi connectivity index (χ0v) is 17.9. The third-order valence-corrected chi connectivity index (χ3v) is 4.89. The number of nitrogens with one attached hydrogen (secondary N) is 1. The van der Waals surface area contributed by atoms with Crippen LogP contribution in [0.25, 0.3) is 6.08 Å². The number of rotatable bonds is 7. The number of ether oxygens (including phenoxy) is 2. The number of methoxy groups -OCH3 is 1. The van der Waals surface area contributed by atoms with Gasteiger partial charge >= 0.3 is 12.0 Å². The Hall–Kier alpha value is -3.85. The molecule has 0 spiro atoms. The van der Waals surface area contributed by atoms with E-state index in [0.29, 0.717) is 11.3 Å². The van der Waals surface area contributed by atoms with Crippen LogP contribution >= 0.6 is 11.6 Å². The average molecular weight is 459 g/mol. The molecular formula is C22H19ClN2O7. The van der Waals surface area contributed by atoms with Crippen LogP contribution in [0.1, 0.15) is 18.1 Å². The molecule has 0 unspecified atom stereocenters. The topological polar surface area (TPSA) is 122 Å². The van der Waals surface area contributed by atoms with Crippen molar-refractivity contribution in [2.75, 3.05) is 18.6 Å². The third kappa shape index (κ3) is 4.73. The number of benzene rings is 2. The number of anilines is 1. The molecule has 1 heterocycles. The fourth-order valence-corrected chi connectivity index (χ4v) is 3.31. The number of barbiturate groups is 1. The summed E-state index contributed by atoms with van der Waals surface area (Å²) in [6, 6.07) is 8.77. The van der Waals surface area contributed by atoms with Gasteiger partial charge in [-0.25, -0.2) is 14.5 Å². The number of amides is 4. The first-order valence-electron chi connectivity index (χ1n) is 9.47. The summed E-state index contributed by atoms with van der Waals surface area (Å²) in [4.78, 5) is 49.4. The highest BCUT2D eigenvalue weighted by Crippen LogP contribution is 2.37. The molecule has 2 N–H and O–H groups in total. The van der Waals surface area contributed by atoms with Crippen LogP contribution in [0.3, 0.4) is 0 Å². The van der Waals surface area contributed by atoms with Gasteiger partial charge in [-0.3, -0.25) is 14.9 Å². The van der Waals surface area contributed by atoms with Crippen LogP contribution in [0.4, 0.5) is 10.5 Å². The van der Waals surface area contributed by atoms with Gasteiger partial charge in [-0.15, -0.1) is 0 Å². The minimum atomic E-state index is -1.20. The lowest BCUT2D eigenvalue weighted by molar-refractivity contribution is -0.139. The van der Waals surface area contributed by atoms with E-state index in [9.17, 15) is 19.2 Å². The Balaban J connectivity index is 1.98. The van der Waals surface area contributed by atoms with Crippen LogP contribution in [0.5, 0.6) is 11.5 Å². The van der Waals surface area contributed by atoms with Gasteiger partial charge in [-0.05, 0) is 47.9 Å². The molecule has 2 aromatic rings. The van der Waals surface area contributed by atoms with Gasteiger partial charge < -0.3 is 14.6 Å². The molecule has 4 amide bonds. The van der Waals surface area contributed by atoms with Crippen molar-refractivity contribution in [2.24, 2.45) is 0 Å². The number of aryl methyl sites for hydroxylation is 1. The normalized spacial score (nSPS) is 15.0. The summed E-state index contributed by atoms with van der Waals surface area (Å²) in [5, 5.41) is 11.0. The van der Waals surface area contributed by atoms with Crippen LogP contribution in [0.2, 0.25) is 5.02 Å². The number of carboxylic acids is 1. The van der Waals surface area contributed by atoms with Crippen LogP contribution in [-0.2, 0) is 20.8 Å². The minimum absolute atomic E-state index is 0.00552. The van der Waals surface area contributed by atoms with E-state index in [-0.39, 0.29) is 22.1 Å². The van der Waals surface area contributed by atoms with Gasteiger partial charge in [-0.1, -0.05) is 30.7 Å². The number of carboxylic acid groups (broad SMARTS) is 1. The summed E-state index contributed by atoms with van der Waals surface area (Å²) >= 11 is 6.19. The second-order valence-electron chi connectivity index (χ2n) is 6.69. The quantitative estimate of drug-likeness (QED) is 0.483. The van der Waals surface area contributed by atoms with E-state index < -0.39 is 30.4 Å². The first kappa shape index (κ1) is 22.8. The predicted molar refractivity (Wildman–Crippen MR) is 116 cm³/mol. The van der Waals surface area contributed by atoms with Crippen molar-refractivity contribution in [2.45, 2.75) is 13.3 Å². The molecule has 0 bridgehead atoms. The smallest absolute Gasteiger partial charge is 0.341 e. The van der Waals surface area contributed by atoms with E-state index in [1.807, 2.05) is 6.92 Å². The van der Waals surface area contributed by atoms with E-state index >= 15 is 0 Å². The van der Waals surface area contributed by atoms with Gasteiger partial charge in [0, 0.05) is 0 Å². The fourth-order valence-electron chi connectivity index (χ4n) is 3.04. The van der Waals surface area contributed by atoms with E-state index in [1.54, 1.807) is 24.3 Å². The maximum Gasteiger partial charge on any atom is 0.341 e. The summed E-state index contributed by atoms with van der Waals surface area (Å²) in [6.45, 7) is 1.34. The van der Waals surface area contributed by atoms with Gasteiger partial charge in [0.1, 0.15) is 5.57 Å². The molecule has 32 heavy (non-hydrogen) atoms. The Morgan fingerprint density at radius 3 is 2.47 bits per heavy atom. The minimum Gasteiger partial charge on any atom is -0.493 e. The number of carbonyl (C=O) groups excluding carboxylic acids is 3. The zero-order valence-electron chi connectivity index (χ0n) is 17.2. The van der Waals surface area contributed by atoms with Crippen LogP contribution in [0.15, 0.2) is 42.0 Å². The van der Waals surface area contributed by atoms with Crippen molar-refractivity contribution in [3.05, 3.63) is 58.1 Å². The van der Waals surface area contributed by atoms with Gasteiger partial charge in [-0.2, -0.15) is 0 Å². The molecule has 2 aromatic carbocycles. The molecule has 1 fully saturated rings. The second-order valence-corrected chi connectivity index (χ2v) is 7.10. The lowest BCUT2D eigenvalue weighted by atomic mass is 10.1. The summed E-state index contributed by atoms with van der Waals surface area (Å²) in [5.74, 6) is -2.74. The van der Waals surface area contributed by atoms with Gasteiger partial charge in [0.05, 0.1) is 17.8 Å². The maximum absolute atomic E-state index is 13.0. The zero-order chi connectivity index (χ0) is 23.4. The summed E-state index contributed by atoms with van der Waals surface area (Å²) in [6.07, 6.45) is 2.05. The number of hydrogen-bond donors (Lipinski definition) is 2. The molecule has 0 aromatic heterocycles. The molecule has 0 atom stereocenters. The fraction of sp³-hybridized carbons (Fsp3) is 0.182. The molecule has 0 aliphatic carbocycles. The van der Waals surface area contributed by atoms with Crippen molar-refractivity contribution in [1.29, 1.82) is 0 Å². The molecule has 9 nitrogen and oxygen atoms in total. The number of nitrogens with zero attached hydrogens (tertiary/aromatic N) is 1. The number of aliphatic carboxylic acids is 1. The standard InChI is InChI=1S/C22H19ClN2O7/c1-3-12-4-6-14(7-5-12)25-21(29)15(20(28)24-22(25)30)8-13-9-16(23)19(17(10-13)31-2)32-11-18(26)27/h4-10H,3,11H2,1-2H3,(H,26,27)(H,24,28,30). The van der Waals surface area contributed by atoms with Crippen molar-refractivity contribution in [1.82, 2.24) is 5.32 Å². The second kappa shape index (κ2) is 9.52. The first-order chi connectivity index (χ1) is 15.2. The monoisotopic (exact) mass is 458 g/mol. The largest absolute Gasteiger partial charge is 0.493 e.